The Hall–Kier alpha value is -1.30. The van der Waals surface area contributed by atoms with Crippen LogP contribution in [-0.4, -0.2) is 29.0 Å². The highest BCUT2D eigenvalue weighted by Crippen LogP contribution is 2.42. The van der Waals surface area contributed by atoms with Gasteiger partial charge in [-0.3, -0.25) is 0 Å². The highest BCUT2D eigenvalue weighted by molar-refractivity contribution is 5.21. The van der Waals surface area contributed by atoms with Crippen LogP contribution in [0, 0.1) is 0 Å². The lowest BCUT2D eigenvalue weighted by Gasteiger charge is -2.27. The van der Waals surface area contributed by atoms with E-state index in [1.165, 1.54) is 0 Å². The summed E-state index contributed by atoms with van der Waals surface area (Å²) in [6.07, 6.45) is -3.52. The Kier molecular flexibility index (Phi) is 3.95. The van der Waals surface area contributed by atoms with Crippen molar-refractivity contribution in [1.82, 2.24) is 0 Å². The molecule has 3 nitrogen and oxygen atoms in total. The van der Waals surface area contributed by atoms with Gasteiger partial charge in [-0.15, -0.1) is 0 Å². The van der Waals surface area contributed by atoms with E-state index in [4.69, 9.17) is 9.47 Å². The first-order valence-corrected chi connectivity index (χ1v) is 6.37. The second kappa shape index (κ2) is 5.24. The summed E-state index contributed by atoms with van der Waals surface area (Å²) in [6, 6.07) is 8.87. The van der Waals surface area contributed by atoms with Gasteiger partial charge in [0.1, 0.15) is 12.2 Å². The molecule has 0 radical (unpaired) electrons. The van der Waals surface area contributed by atoms with Gasteiger partial charge >= 0.3 is 0 Å². The lowest BCUT2D eigenvalue weighted by Crippen LogP contribution is -2.44. The minimum Gasteiger partial charge on any atom is -0.384 e. The molecule has 0 saturated carbocycles. The molecule has 0 aromatic heterocycles. The number of rotatable bonds is 4. The molecule has 1 aromatic rings. The van der Waals surface area contributed by atoms with Gasteiger partial charge in [-0.1, -0.05) is 36.9 Å². The molecule has 1 aromatic carbocycles. The first-order chi connectivity index (χ1) is 9.27. The number of hydrogen-bond donors (Lipinski definition) is 1. The van der Waals surface area contributed by atoms with Crippen molar-refractivity contribution >= 4 is 0 Å². The van der Waals surface area contributed by atoms with Gasteiger partial charge in [0.05, 0.1) is 0 Å². The summed E-state index contributed by atoms with van der Waals surface area (Å²) in [6.45, 7) is 6.31. The zero-order valence-electron chi connectivity index (χ0n) is 11.4. The molecular weight excluding hydrogens is 266 g/mol. The van der Waals surface area contributed by atoms with Gasteiger partial charge in [0.15, 0.2) is 11.9 Å². The molecule has 0 bridgehead atoms. The largest absolute Gasteiger partial charge is 0.384 e. The maximum atomic E-state index is 13.6. The zero-order valence-corrected chi connectivity index (χ0v) is 11.4. The quantitative estimate of drug-likeness (QED) is 0.864. The van der Waals surface area contributed by atoms with Crippen molar-refractivity contribution < 1.29 is 23.4 Å². The van der Waals surface area contributed by atoms with E-state index in [0.717, 1.165) is 0 Å². The fraction of sp³-hybridized carbons (Fsp3) is 0.467. The summed E-state index contributed by atoms with van der Waals surface area (Å²) >= 11 is 0. The fourth-order valence-electron chi connectivity index (χ4n) is 2.26. The maximum absolute atomic E-state index is 13.6. The van der Waals surface area contributed by atoms with Crippen molar-refractivity contribution in [1.29, 1.82) is 0 Å². The number of hydrogen-bond acceptors (Lipinski definition) is 3. The Morgan fingerprint density at radius 2 is 1.90 bits per heavy atom. The van der Waals surface area contributed by atoms with E-state index < -0.39 is 30.0 Å². The zero-order chi connectivity index (χ0) is 15.0. The van der Waals surface area contributed by atoms with Crippen LogP contribution in [0.4, 0.5) is 8.78 Å². The molecule has 0 amide bonds. The number of aliphatic hydroxyl groups is 1. The minimum absolute atomic E-state index is 0.425. The normalized spacial score (nSPS) is 27.2. The molecule has 1 heterocycles. The smallest absolute Gasteiger partial charge is 0.294 e. The minimum atomic E-state index is -3.44. The SMILES string of the molecule is C=CC(F)(F)[C@H](O)[C@H]1OC(C)(C)O[C@@H]1c1ccccc1. The summed E-state index contributed by atoms with van der Waals surface area (Å²) in [5.74, 6) is -4.48. The van der Waals surface area contributed by atoms with Gasteiger partial charge in [0, 0.05) is 0 Å². The first kappa shape index (κ1) is 15.1. The standard InChI is InChI=1S/C15H18F2O3/c1-4-15(16,17)13(18)12-11(19-14(2,3)20-12)10-8-6-5-7-9-10/h4-9,11-13,18H,1H2,2-3H3/t11-,12+,13-/m1/s1. The molecule has 0 aliphatic carbocycles. The van der Waals surface area contributed by atoms with Crippen LogP contribution in [0.25, 0.3) is 0 Å². The number of halogens is 2. The van der Waals surface area contributed by atoms with Crippen molar-refractivity contribution in [3.8, 4) is 0 Å². The molecule has 0 unspecified atom stereocenters. The summed E-state index contributed by atoms with van der Waals surface area (Å²) in [4.78, 5) is 0. The number of alkyl halides is 2. The van der Waals surface area contributed by atoms with Crippen molar-refractivity contribution in [3.05, 3.63) is 48.6 Å². The molecule has 3 atom stereocenters. The lowest BCUT2D eigenvalue weighted by atomic mass is 9.97. The number of ether oxygens (including phenoxy) is 2. The third kappa shape index (κ3) is 2.90. The highest BCUT2D eigenvalue weighted by atomic mass is 19.3. The Morgan fingerprint density at radius 1 is 1.30 bits per heavy atom. The van der Waals surface area contributed by atoms with Gasteiger partial charge in [-0.05, 0) is 25.5 Å². The van der Waals surface area contributed by atoms with Gasteiger partial charge < -0.3 is 14.6 Å². The van der Waals surface area contributed by atoms with Crippen LogP contribution in [0.1, 0.15) is 25.5 Å². The van der Waals surface area contributed by atoms with Crippen molar-refractivity contribution in [2.75, 3.05) is 0 Å². The fourth-order valence-corrected chi connectivity index (χ4v) is 2.26. The van der Waals surface area contributed by atoms with E-state index in [9.17, 15) is 13.9 Å². The summed E-state index contributed by atoms with van der Waals surface area (Å²) in [5, 5.41) is 9.91. The van der Waals surface area contributed by atoms with Gasteiger partial charge in [-0.2, -0.15) is 8.78 Å². The van der Waals surface area contributed by atoms with Crippen LogP contribution in [-0.2, 0) is 9.47 Å². The van der Waals surface area contributed by atoms with E-state index in [-0.39, 0.29) is 0 Å². The number of benzene rings is 1. The molecule has 1 aliphatic rings. The highest BCUT2D eigenvalue weighted by Gasteiger charge is 2.52. The molecule has 5 heteroatoms. The molecule has 1 saturated heterocycles. The Morgan fingerprint density at radius 3 is 2.45 bits per heavy atom. The lowest BCUT2D eigenvalue weighted by molar-refractivity contribution is -0.176. The summed E-state index contributed by atoms with van der Waals surface area (Å²) in [7, 11) is 0. The van der Waals surface area contributed by atoms with Crippen molar-refractivity contribution in [3.63, 3.8) is 0 Å². The van der Waals surface area contributed by atoms with Crippen molar-refractivity contribution in [2.45, 2.75) is 43.9 Å². The second-order valence-electron chi connectivity index (χ2n) is 5.25. The Labute approximate surface area is 116 Å². The Bertz CT molecular complexity index is 473. The molecule has 110 valence electrons. The Balaban J connectivity index is 2.32. The summed E-state index contributed by atoms with van der Waals surface area (Å²) < 4.78 is 38.4. The van der Waals surface area contributed by atoms with Crippen LogP contribution in [0.2, 0.25) is 0 Å². The van der Waals surface area contributed by atoms with Crippen LogP contribution < -0.4 is 0 Å². The molecule has 1 fully saturated rings. The average Bonchev–Trinajstić information content (AvgIpc) is 2.75. The second-order valence-corrected chi connectivity index (χ2v) is 5.25. The van der Waals surface area contributed by atoms with Crippen LogP contribution >= 0.6 is 0 Å². The van der Waals surface area contributed by atoms with Crippen LogP contribution in [0.3, 0.4) is 0 Å². The van der Waals surface area contributed by atoms with Crippen LogP contribution in [0.5, 0.6) is 0 Å². The molecule has 20 heavy (non-hydrogen) atoms. The first-order valence-electron chi connectivity index (χ1n) is 6.37. The molecule has 1 N–H and O–H groups in total. The van der Waals surface area contributed by atoms with Gasteiger partial charge in [0.25, 0.3) is 5.92 Å². The monoisotopic (exact) mass is 284 g/mol. The van der Waals surface area contributed by atoms with E-state index in [1.807, 2.05) is 6.07 Å². The average molecular weight is 284 g/mol. The maximum Gasteiger partial charge on any atom is 0.294 e. The van der Waals surface area contributed by atoms with Crippen LogP contribution in [0.15, 0.2) is 43.0 Å². The van der Waals surface area contributed by atoms with E-state index in [0.29, 0.717) is 11.6 Å². The van der Waals surface area contributed by atoms with Crippen molar-refractivity contribution in [2.24, 2.45) is 0 Å². The third-order valence-electron chi connectivity index (χ3n) is 3.23. The van der Waals surface area contributed by atoms with E-state index >= 15 is 0 Å². The predicted octanol–water partition coefficient (Wildman–Crippen LogP) is 3.06. The molecular formula is C15H18F2O3. The molecule has 1 aliphatic heterocycles. The predicted molar refractivity (Wildman–Crippen MR) is 70.4 cm³/mol. The van der Waals surface area contributed by atoms with E-state index in [1.54, 1.807) is 38.1 Å². The number of aliphatic hydroxyl groups excluding tert-OH is 1. The molecule has 2 rings (SSSR count). The molecule has 0 spiro atoms. The van der Waals surface area contributed by atoms with Gasteiger partial charge in [0.2, 0.25) is 0 Å². The summed E-state index contributed by atoms with van der Waals surface area (Å²) in [5.41, 5.74) is 0.682. The topological polar surface area (TPSA) is 38.7 Å². The van der Waals surface area contributed by atoms with Gasteiger partial charge in [-0.25, -0.2) is 0 Å². The van der Waals surface area contributed by atoms with E-state index in [2.05, 4.69) is 6.58 Å². The third-order valence-corrected chi connectivity index (χ3v) is 3.23.